The van der Waals surface area contributed by atoms with Crippen molar-refractivity contribution in [2.75, 3.05) is 13.7 Å². The Balaban J connectivity index is -0.000000277. The van der Waals surface area contributed by atoms with E-state index in [-0.39, 0.29) is 18.4 Å². The van der Waals surface area contributed by atoms with E-state index in [4.69, 9.17) is 10.2 Å². The molecule has 0 rings (SSSR count). The van der Waals surface area contributed by atoms with Gasteiger partial charge in [-0.05, 0) is 25.8 Å². The van der Waals surface area contributed by atoms with E-state index in [1.54, 1.807) is 13.0 Å². The molecule has 2 atom stereocenters. The van der Waals surface area contributed by atoms with Crippen molar-refractivity contribution < 1.29 is 15.0 Å². The zero-order valence-corrected chi connectivity index (χ0v) is 13.9. The van der Waals surface area contributed by atoms with Crippen molar-refractivity contribution in [1.29, 1.82) is 0 Å². The molecule has 0 bridgehead atoms. The molecule has 0 spiro atoms. The molecule has 0 aromatic rings. The molecule has 0 aromatic carbocycles. The third-order valence-corrected chi connectivity index (χ3v) is 2.82. The predicted molar refractivity (Wildman–Crippen MR) is 87.6 cm³/mol. The Labute approximate surface area is 124 Å². The average molecular weight is 284 g/mol. The minimum absolute atomic E-state index is 0.185. The van der Waals surface area contributed by atoms with Crippen LogP contribution in [0.15, 0.2) is 36.5 Å². The van der Waals surface area contributed by atoms with E-state index in [1.165, 1.54) is 0 Å². The topological polar surface area (TPSA) is 57.5 Å². The van der Waals surface area contributed by atoms with Gasteiger partial charge in [-0.15, -0.1) is 0 Å². The number of Topliss-reactive ketones (excluding diaryl/α,β-unsaturated/α-hetero) is 1. The van der Waals surface area contributed by atoms with Crippen LogP contribution >= 0.6 is 0 Å². The second-order valence-corrected chi connectivity index (χ2v) is 4.41. The molecular formula is C17H32O3. The van der Waals surface area contributed by atoms with Gasteiger partial charge in [0.2, 0.25) is 0 Å². The molecule has 0 amide bonds. The van der Waals surface area contributed by atoms with Crippen LogP contribution in [0.5, 0.6) is 0 Å². The number of hydrogen-bond acceptors (Lipinski definition) is 3. The van der Waals surface area contributed by atoms with E-state index >= 15 is 0 Å². The minimum Gasteiger partial charge on any atom is -0.400 e. The second kappa shape index (κ2) is 17.8. The zero-order valence-electron chi connectivity index (χ0n) is 13.9. The second-order valence-electron chi connectivity index (χ2n) is 4.41. The quantitative estimate of drug-likeness (QED) is 0.734. The van der Waals surface area contributed by atoms with Crippen molar-refractivity contribution in [2.45, 2.75) is 41.0 Å². The van der Waals surface area contributed by atoms with Crippen LogP contribution in [0.25, 0.3) is 0 Å². The fourth-order valence-electron chi connectivity index (χ4n) is 1.11. The zero-order chi connectivity index (χ0) is 16.6. The van der Waals surface area contributed by atoms with Crippen molar-refractivity contribution >= 4 is 5.78 Å². The van der Waals surface area contributed by atoms with Gasteiger partial charge in [-0.3, -0.25) is 4.79 Å². The van der Waals surface area contributed by atoms with Crippen LogP contribution < -0.4 is 0 Å². The predicted octanol–water partition coefficient (Wildman–Crippen LogP) is 3.53. The Kier molecular flexibility index (Phi) is 21.3. The highest BCUT2D eigenvalue weighted by atomic mass is 16.3. The molecule has 3 nitrogen and oxygen atoms in total. The lowest BCUT2D eigenvalue weighted by Crippen LogP contribution is -2.03. The maximum Gasteiger partial charge on any atom is 0.132 e. The largest absolute Gasteiger partial charge is 0.400 e. The number of aliphatic hydroxyl groups is 2. The van der Waals surface area contributed by atoms with Crippen molar-refractivity contribution in [3.8, 4) is 0 Å². The smallest absolute Gasteiger partial charge is 0.132 e. The maximum absolute atomic E-state index is 10.4. The van der Waals surface area contributed by atoms with Crippen molar-refractivity contribution in [3.05, 3.63) is 36.5 Å². The van der Waals surface area contributed by atoms with Crippen molar-refractivity contribution in [2.24, 2.45) is 11.8 Å². The van der Waals surface area contributed by atoms with Gasteiger partial charge in [0.25, 0.3) is 0 Å². The SMILES string of the molecule is C=C/C=C(\C=C/C)[C@H](C)CO.CC[C@H](C)C(C)=O.CO. The van der Waals surface area contributed by atoms with E-state index < -0.39 is 0 Å². The first kappa shape index (κ1) is 23.9. The summed E-state index contributed by atoms with van der Waals surface area (Å²) < 4.78 is 0. The van der Waals surface area contributed by atoms with E-state index in [0.29, 0.717) is 5.78 Å². The van der Waals surface area contributed by atoms with Crippen molar-refractivity contribution in [1.82, 2.24) is 0 Å². The molecule has 0 aliphatic rings. The molecule has 0 aliphatic carbocycles. The molecule has 0 radical (unpaired) electrons. The first-order chi connectivity index (χ1) is 9.44. The number of rotatable bonds is 6. The van der Waals surface area contributed by atoms with E-state index in [1.807, 2.05) is 45.9 Å². The number of hydrogen-bond donors (Lipinski definition) is 2. The van der Waals surface area contributed by atoms with E-state index in [2.05, 4.69) is 6.58 Å². The number of ketones is 1. The van der Waals surface area contributed by atoms with Gasteiger partial charge in [0.1, 0.15) is 5.78 Å². The highest BCUT2D eigenvalue weighted by Gasteiger charge is 2.02. The summed E-state index contributed by atoms with van der Waals surface area (Å²) >= 11 is 0. The molecule has 0 aromatic heterocycles. The van der Waals surface area contributed by atoms with Gasteiger partial charge in [0.05, 0.1) is 0 Å². The van der Waals surface area contributed by atoms with Crippen LogP contribution in [-0.2, 0) is 4.79 Å². The lowest BCUT2D eigenvalue weighted by Gasteiger charge is -2.07. The molecule has 2 N–H and O–H groups in total. The maximum atomic E-state index is 10.4. The monoisotopic (exact) mass is 284 g/mol. The standard InChI is InChI=1S/C10H16O.C6H12O.CH4O/c1-4-6-10(7-5-2)9(3)8-11;1-4-5(2)6(3)7;1-2/h4-7,9,11H,1,8H2,2-3H3;5H,4H2,1-3H3;2H,1H3/b7-5-,10-6+;;/t9-;5-;/m10./s1. The Bertz CT molecular complexity index is 291. The molecular weight excluding hydrogens is 252 g/mol. The van der Waals surface area contributed by atoms with Crippen LogP contribution in [0.3, 0.4) is 0 Å². The van der Waals surface area contributed by atoms with Crippen LogP contribution in [0.2, 0.25) is 0 Å². The lowest BCUT2D eigenvalue weighted by molar-refractivity contribution is -0.120. The summed E-state index contributed by atoms with van der Waals surface area (Å²) in [6.07, 6.45) is 8.57. The van der Waals surface area contributed by atoms with Crippen LogP contribution in [-0.4, -0.2) is 29.7 Å². The normalized spacial score (nSPS) is 13.5. The van der Waals surface area contributed by atoms with Crippen LogP contribution in [0.1, 0.15) is 41.0 Å². The summed E-state index contributed by atoms with van der Waals surface area (Å²) in [4.78, 5) is 10.4. The Morgan fingerprint density at radius 1 is 1.25 bits per heavy atom. The molecule has 118 valence electrons. The van der Waals surface area contributed by atoms with Crippen LogP contribution in [0, 0.1) is 11.8 Å². The number of aliphatic hydroxyl groups excluding tert-OH is 2. The van der Waals surface area contributed by atoms with Gasteiger partial charge in [-0.1, -0.05) is 51.7 Å². The number of carbonyl (C=O) groups is 1. The summed E-state index contributed by atoms with van der Waals surface area (Å²) in [6, 6.07) is 0. The summed E-state index contributed by atoms with van der Waals surface area (Å²) in [5.41, 5.74) is 1.12. The molecule has 0 saturated carbocycles. The first-order valence-electron chi connectivity index (χ1n) is 6.95. The number of carbonyl (C=O) groups excluding carboxylic acids is 1. The fraction of sp³-hybridized carbons (Fsp3) is 0.588. The highest BCUT2D eigenvalue weighted by Crippen LogP contribution is 2.10. The highest BCUT2D eigenvalue weighted by molar-refractivity contribution is 5.77. The molecule has 0 aliphatic heterocycles. The van der Waals surface area contributed by atoms with Crippen LogP contribution in [0.4, 0.5) is 0 Å². The first-order valence-corrected chi connectivity index (χ1v) is 6.95. The van der Waals surface area contributed by atoms with Gasteiger partial charge in [0.15, 0.2) is 0 Å². The molecule has 0 heterocycles. The van der Waals surface area contributed by atoms with Gasteiger partial charge in [0, 0.05) is 25.6 Å². The van der Waals surface area contributed by atoms with Crippen molar-refractivity contribution in [3.63, 3.8) is 0 Å². The Hall–Kier alpha value is -1.19. The van der Waals surface area contributed by atoms with E-state index in [9.17, 15) is 4.79 Å². The van der Waals surface area contributed by atoms with Gasteiger partial charge in [-0.25, -0.2) is 0 Å². The fourth-order valence-corrected chi connectivity index (χ4v) is 1.11. The number of allylic oxidation sites excluding steroid dienone is 4. The Morgan fingerprint density at radius 2 is 1.75 bits per heavy atom. The third-order valence-electron chi connectivity index (χ3n) is 2.82. The molecule has 0 fully saturated rings. The lowest BCUT2D eigenvalue weighted by atomic mass is 10.0. The summed E-state index contributed by atoms with van der Waals surface area (Å²) in [7, 11) is 1.00. The van der Waals surface area contributed by atoms with Gasteiger partial charge < -0.3 is 10.2 Å². The average Bonchev–Trinajstić information content (AvgIpc) is 2.47. The van der Waals surface area contributed by atoms with E-state index in [0.717, 1.165) is 19.1 Å². The summed E-state index contributed by atoms with van der Waals surface area (Å²) in [6.45, 7) is 13.3. The molecule has 0 unspecified atom stereocenters. The van der Waals surface area contributed by atoms with Gasteiger partial charge in [-0.2, -0.15) is 0 Å². The summed E-state index contributed by atoms with van der Waals surface area (Å²) in [5.74, 6) is 0.756. The van der Waals surface area contributed by atoms with Gasteiger partial charge >= 0.3 is 0 Å². The summed E-state index contributed by atoms with van der Waals surface area (Å²) in [5, 5.41) is 15.8. The molecule has 20 heavy (non-hydrogen) atoms. The third kappa shape index (κ3) is 14.9. The minimum atomic E-state index is 0.185. The Morgan fingerprint density at radius 3 is 1.95 bits per heavy atom. The molecule has 3 heteroatoms. The molecule has 0 saturated heterocycles.